The minimum absolute atomic E-state index is 0.0663. The lowest BCUT2D eigenvalue weighted by Gasteiger charge is -2.19. The summed E-state index contributed by atoms with van der Waals surface area (Å²) in [7, 11) is -1.85. The molecule has 1 N–H and O–H groups in total. The molecule has 0 atom stereocenters. The van der Waals surface area contributed by atoms with Crippen LogP contribution in [0.1, 0.15) is 26.6 Å². The van der Waals surface area contributed by atoms with Crippen LogP contribution in [0.5, 0.6) is 0 Å². The molecule has 6 heteroatoms. The van der Waals surface area contributed by atoms with Gasteiger partial charge in [-0.25, -0.2) is 13.4 Å². The van der Waals surface area contributed by atoms with Crippen molar-refractivity contribution in [3.8, 4) is 0 Å². The molecular formula is C9H17N3O2S. The summed E-state index contributed by atoms with van der Waals surface area (Å²) < 4.78 is 25.2. The number of sulfonamides is 1. The van der Waals surface area contributed by atoms with Crippen LogP contribution < -0.4 is 0 Å². The maximum absolute atomic E-state index is 12.0. The van der Waals surface area contributed by atoms with E-state index in [4.69, 9.17) is 0 Å². The van der Waals surface area contributed by atoms with E-state index in [1.807, 2.05) is 20.8 Å². The lowest BCUT2D eigenvalue weighted by molar-refractivity contribution is 0.409. The van der Waals surface area contributed by atoms with E-state index in [-0.39, 0.29) is 11.1 Å². The maximum Gasteiger partial charge on any atom is 0.260 e. The first kappa shape index (κ1) is 12.2. The van der Waals surface area contributed by atoms with Crippen molar-refractivity contribution in [3.05, 3.63) is 12.0 Å². The zero-order valence-electron chi connectivity index (χ0n) is 9.48. The van der Waals surface area contributed by atoms with Crippen molar-refractivity contribution >= 4 is 10.0 Å². The number of aromatic amines is 1. The number of hydrogen-bond donors (Lipinski definition) is 1. The van der Waals surface area contributed by atoms with Crippen LogP contribution in [0.3, 0.4) is 0 Å². The van der Waals surface area contributed by atoms with Crippen LogP contribution in [0.2, 0.25) is 0 Å². The average Bonchev–Trinajstić information content (AvgIpc) is 2.65. The van der Waals surface area contributed by atoms with Crippen molar-refractivity contribution in [2.24, 2.45) is 0 Å². The van der Waals surface area contributed by atoms with Gasteiger partial charge in [0.1, 0.15) is 5.82 Å². The zero-order valence-corrected chi connectivity index (χ0v) is 10.3. The molecule has 0 fully saturated rings. The Morgan fingerprint density at radius 2 is 2.13 bits per heavy atom. The Labute approximate surface area is 90.6 Å². The molecule has 0 saturated carbocycles. The molecule has 0 radical (unpaired) electrons. The van der Waals surface area contributed by atoms with Gasteiger partial charge in [0.2, 0.25) is 0 Å². The monoisotopic (exact) mass is 231 g/mol. The molecule has 1 aromatic rings. The summed E-state index contributed by atoms with van der Waals surface area (Å²) in [5, 5.41) is 0.163. The summed E-state index contributed by atoms with van der Waals surface area (Å²) in [6.45, 7) is 5.57. The van der Waals surface area contributed by atoms with Crippen molar-refractivity contribution in [2.75, 3.05) is 7.05 Å². The Kier molecular flexibility index (Phi) is 3.51. The molecule has 0 saturated heterocycles. The highest BCUT2D eigenvalue weighted by Gasteiger charge is 2.24. The zero-order chi connectivity index (χ0) is 11.6. The number of aromatic nitrogens is 2. The average molecular weight is 231 g/mol. The van der Waals surface area contributed by atoms with E-state index >= 15 is 0 Å². The van der Waals surface area contributed by atoms with E-state index in [0.29, 0.717) is 12.2 Å². The van der Waals surface area contributed by atoms with Crippen molar-refractivity contribution in [1.29, 1.82) is 0 Å². The number of nitrogens with zero attached hydrogens (tertiary/aromatic N) is 2. The topological polar surface area (TPSA) is 66.1 Å². The predicted octanol–water partition coefficient (Wildman–Crippen LogP) is 1.00. The summed E-state index contributed by atoms with van der Waals surface area (Å²) >= 11 is 0. The SMILES string of the molecule is CCc1ncc(S(=O)(=O)N(C)C(C)C)[nH]1. The van der Waals surface area contributed by atoms with Crippen LogP contribution in [0.25, 0.3) is 0 Å². The lowest BCUT2D eigenvalue weighted by Crippen LogP contribution is -2.33. The smallest absolute Gasteiger partial charge is 0.260 e. The van der Waals surface area contributed by atoms with E-state index in [2.05, 4.69) is 9.97 Å². The van der Waals surface area contributed by atoms with Crippen molar-refractivity contribution < 1.29 is 8.42 Å². The summed E-state index contributed by atoms with van der Waals surface area (Å²) in [5.74, 6) is 0.686. The maximum atomic E-state index is 12.0. The fraction of sp³-hybridized carbons (Fsp3) is 0.667. The van der Waals surface area contributed by atoms with Crippen LogP contribution in [-0.2, 0) is 16.4 Å². The van der Waals surface area contributed by atoms with Crippen LogP contribution in [-0.4, -0.2) is 35.8 Å². The van der Waals surface area contributed by atoms with E-state index in [1.54, 1.807) is 7.05 Å². The van der Waals surface area contributed by atoms with Gasteiger partial charge in [-0.1, -0.05) is 6.92 Å². The Hall–Kier alpha value is -0.880. The molecule has 0 aromatic carbocycles. The predicted molar refractivity (Wildman–Crippen MR) is 58.1 cm³/mol. The Bertz CT molecular complexity index is 422. The molecule has 0 aliphatic heterocycles. The Balaban J connectivity index is 3.06. The van der Waals surface area contributed by atoms with Gasteiger partial charge < -0.3 is 4.98 Å². The molecule has 1 aromatic heterocycles. The molecule has 0 aliphatic rings. The van der Waals surface area contributed by atoms with Crippen LogP contribution in [0.15, 0.2) is 11.2 Å². The largest absolute Gasteiger partial charge is 0.332 e. The first-order chi connectivity index (χ1) is 6.89. The second kappa shape index (κ2) is 4.32. The van der Waals surface area contributed by atoms with Crippen LogP contribution >= 0.6 is 0 Å². The van der Waals surface area contributed by atoms with E-state index in [1.165, 1.54) is 10.5 Å². The third-order valence-corrected chi connectivity index (χ3v) is 4.27. The number of H-pyrrole nitrogens is 1. The molecule has 1 heterocycles. The Morgan fingerprint density at radius 1 is 1.53 bits per heavy atom. The molecule has 0 spiro atoms. The van der Waals surface area contributed by atoms with Gasteiger partial charge >= 0.3 is 0 Å². The minimum Gasteiger partial charge on any atom is -0.332 e. The van der Waals surface area contributed by atoms with Gasteiger partial charge in [0.25, 0.3) is 10.0 Å². The molecule has 86 valence electrons. The number of nitrogens with one attached hydrogen (secondary N) is 1. The van der Waals surface area contributed by atoms with Gasteiger partial charge in [0.05, 0.1) is 6.20 Å². The van der Waals surface area contributed by atoms with Gasteiger partial charge in [-0.3, -0.25) is 0 Å². The molecule has 0 bridgehead atoms. The molecular weight excluding hydrogens is 214 g/mol. The van der Waals surface area contributed by atoms with Gasteiger partial charge in [-0.05, 0) is 13.8 Å². The van der Waals surface area contributed by atoms with Gasteiger partial charge in [0.15, 0.2) is 5.03 Å². The van der Waals surface area contributed by atoms with Crippen LogP contribution in [0.4, 0.5) is 0 Å². The van der Waals surface area contributed by atoms with Crippen molar-refractivity contribution in [3.63, 3.8) is 0 Å². The minimum atomic E-state index is -3.41. The highest BCUT2D eigenvalue weighted by atomic mass is 32.2. The van der Waals surface area contributed by atoms with Crippen molar-refractivity contribution in [1.82, 2.24) is 14.3 Å². The summed E-state index contributed by atoms with van der Waals surface area (Å²) in [5.41, 5.74) is 0. The van der Waals surface area contributed by atoms with E-state index < -0.39 is 10.0 Å². The molecule has 0 unspecified atom stereocenters. The number of aryl methyl sites for hydroxylation is 1. The molecule has 1 rings (SSSR count). The second-order valence-electron chi connectivity index (χ2n) is 3.66. The van der Waals surface area contributed by atoms with Gasteiger partial charge in [0, 0.05) is 19.5 Å². The lowest BCUT2D eigenvalue weighted by atomic mass is 10.4. The normalized spacial score (nSPS) is 12.7. The third-order valence-electron chi connectivity index (χ3n) is 2.32. The van der Waals surface area contributed by atoms with Crippen LogP contribution in [0, 0.1) is 0 Å². The summed E-state index contributed by atoms with van der Waals surface area (Å²) in [4.78, 5) is 6.78. The fourth-order valence-electron chi connectivity index (χ4n) is 1.09. The molecule has 0 aliphatic carbocycles. The van der Waals surface area contributed by atoms with Crippen molar-refractivity contribution in [2.45, 2.75) is 38.3 Å². The summed E-state index contributed by atoms with van der Waals surface area (Å²) in [6, 6.07) is -0.0663. The standard InChI is InChI=1S/C9H17N3O2S/c1-5-8-10-6-9(11-8)15(13,14)12(4)7(2)3/h6-7H,5H2,1-4H3,(H,10,11). The fourth-order valence-corrected chi connectivity index (χ4v) is 2.38. The number of rotatable bonds is 4. The second-order valence-corrected chi connectivity index (χ2v) is 5.63. The van der Waals surface area contributed by atoms with E-state index in [0.717, 1.165) is 0 Å². The Morgan fingerprint density at radius 3 is 2.53 bits per heavy atom. The molecule has 0 amide bonds. The molecule has 5 nitrogen and oxygen atoms in total. The highest BCUT2D eigenvalue weighted by molar-refractivity contribution is 7.89. The quantitative estimate of drug-likeness (QED) is 0.840. The van der Waals surface area contributed by atoms with Gasteiger partial charge in [-0.15, -0.1) is 0 Å². The first-order valence-corrected chi connectivity index (χ1v) is 6.35. The van der Waals surface area contributed by atoms with Gasteiger partial charge in [-0.2, -0.15) is 4.31 Å². The summed E-state index contributed by atoms with van der Waals surface area (Å²) in [6.07, 6.45) is 2.06. The van der Waals surface area contributed by atoms with E-state index in [9.17, 15) is 8.42 Å². The molecule has 15 heavy (non-hydrogen) atoms. The highest BCUT2D eigenvalue weighted by Crippen LogP contribution is 2.14. The number of imidazole rings is 1. The number of hydrogen-bond acceptors (Lipinski definition) is 3. The third kappa shape index (κ3) is 2.38. The first-order valence-electron chi connectivity index (χ1n) is 4.91.